The Morgan fingerprint density at radius 3 is 2.46 bits per heavy atom. The molecule has 148 valence electrons. The van der Waals surface area contributed by atoms with Gasteiger partial charge in [-0.1, -0.05) is 24.3 Å². The van der Waals surface area contributed by atoms with Crippen LogP contribution in [-0.2, 0) is 11.3 Å². The average Bonchev–Trinajstić information content (AvgIpc) is 2.72. The summed E-state index contributed by atoms with van der Waals surface area (Å²) in [5.41, 5.74) is 0.887. The second kappa shape index (κ2) is 8.75. The van der Waals surface area contributed by atoms with Gasteiger partial charge in [-0.25, -0.2) is 8.78 Å². The Hall–Kier alpha value is -3.07. The highest BCUT2D eigenvalue weighted by Gasteiger charge is 2.22. The number of nitro benzene ring substituents is 1. The SMILES string of the molecule is O=C(c1ccc(NCc2ccc(C(F)F)cc2)c([N+](=O)[O-])c1)N1CCOCC1. The lowest BCUT2D eigenvalue weighted by atomic mass is 10.1. The van der Waals surface area contributed by atoms with Crippen molar-refractivity contribution in [3.63, 3.8) is 0 Å². The summed E-state index contributed by atoms with van der Waals surface area (Å²) in [7, 11) is 0. The molecule has 1 amide bonds. The average molecular weight is 391 g/mol. The Kier molecular flexibility index (Phi) is 6.15. The number of anilines is 1. The summed E-state index contributed by atoms with van der Waals surface area (Å²) in [5, 5.41) is 14.4. The lowest BCUT2D eigenvalue weighted by Gasteiger charge is -2.26. The topological polar surface area (TPSA) is 84.7 Å². The van der Waals surface area contributed by atoms with Crippen molar-refractivity contribution in [3.8, 4) is 0 Å². The number of ether oxygens (including phenoxy) is 1. The van der Waals surface area contributed by atoms with Crippen LogP contribution < -0.4 is 5.32 Å². The molecule has 2 aromatic carbocycles. The predicted octanol–water partition coefficient (Wildman–Crippen LogP) is 3.62. The number of rotatable bonds is 6. The summed E-state index contributed by atoms with van der Waals surface area (Å²) in [5.74, 6) is -0.277. The van der Waals surface area contributed by atoms with E-state index in [1.807, 2.05) is 0 Å². The van der Waals surface area contributed by atoms with Gasteiger partial charge in [-0.2, -0.15) is 0 Å². The molecule has 1 fully saturated rings. The van der Waals surface area contributed by atoms with E-state index in [2.05, 4.69) is 5.32 Å². The van der Waals surface area contributed by atoms with E-state index in [1.54, 1.807) is 4.90 Å². The molecule has 28 heavy (non-hydrogen) atoms. The van der Waals surface area contributed by atoms with Gasteiger partial charge in [0.2, 0.25) is 0 Å². The zero-order chi connectivity index (χ0) is 20.1. The molecule has 3 rings (SSSR count). The summed E-state index contributed by atoms with van der Waals surface area (Å²) < 4.78 is 30.4. The van der Waals surface area contributed by atoms with Gasteiger partial charge in [-0.3, -0.25) is 14.9 Å². The van der Waals surface area contributed by atoms with Gasteiger partial charge < -0.3 is 15.0 Å². The van der Waals surface area contributed by atoms with Crippen molar-refractivity contribution in [1.82, 2.24) is 4.90 Å². The number of nitro groups is 1. The van der Waals surface area contributed by atoms with Crippen molar-refractivity contribution >= 4 is 17.3 Å². The molecule has 0 radical (unpaired) electrons. The van der Waals surface area contributed by atoms with Gasteiger partial charge in [0.25, 0.3) is 18.0 Å². The number of amides is 1. The van der Waals surface area contributed by atoms with E-state index in [1.165, 1.54) is 42.5 Å². The molecule has 0 unspecified atom stereocenters. The number of morpholine rings is 1. The quantitative estimate of drug-likeness (QED) is 0.601. The molecular formula is C19H19F2N3O4. The number of carbonyl (C=O) groups is 1. The third-order valence-corrected chi connectivity index (χ3v) is 4.45. The maximum atomic E-state index is 12.6. The van der Waals surface area contributed by atoms with E-state index in [0.717, 1.165) is 0 Å². The first-order valence-electron chi connectivity index (χ1n) is 8.72. The number of benzene rings is 2. The molecule has 9 heteroatoms. The fourth-order valence-electron chi connectivity index (χ4n) is 2.89. The highest BCUT2D eigenvalue weighted by atomic mass is 19.3. The minimum atomic E-state index is -2.54. The Morgan fingerprint density at radius 2 is 1.86 bits per heavy atom. The fraction of sp³-hybridized carbons (Fsp3) is 0.316. The van der Waals surface area contributed by atoms with Gasteiger partial charge in [-0.15, -0.1) is 0 Å². The Labute approximate surface area is 160 Å². The van der Waals surface area contributed by atoms with Crippen LogP contribution in [0.3, 0.4) is 0 Å². The maximum Gasteiger partial charge on any atom is 0.293 e. The second-order valence-electron chi connectivity index (χ2n) is 6.29. The standard InChI is InChI=1S/C19H19F2N3O4/c20-18(21)14-3-1-13(2-4-14)12-22-16-6-5-15(11-17(16)24(26)27)19(25)23-7-9-28-10-8-23/h1-6,11,18,22H,7-10,12H2. The summed E-state index contributed by atoms with van der Waals surface area (Å²) in [6.07, 6.45) is -2.54. The largest absolute Gasteiger partial charge is 0.378 e. The van der Waals surface area contributed by atoms with Crippen molar-refractivity contribution < 1.29 is 23.2 Å². The van der Waals surface area contributed by atoms with E-state index < -0.39 is 11.3 Å². The van der Waals surface area contributed by atoms with Crippen LogP contribution in [0.1, 0.15) is 27.9 Å². The van der Waals surface area contributed by atoms with E-state index in [9.17, 15) is 23.7 Å². The van der Waals surface area contributed by atoms with Crippen LogP contribution in [0.5, 0.6) is 0 Å². The van der Waals surface area contributed by atoms with Crippen molar-refractivity contribution in [2.75, 3.05) is 31.6 Å². The van der Waals surface area contributed by atoms with E-state index in [0.29, 0.717) is 31.9 Å². The molecule has 7 nitrogen and oxygen atoms in total. The molecule has 1 aliphatic heterocycles. The Bertz CT molecular complexity index is 853. The van der Waals surface area contributed by atoms with Gasteiger partial charge in [0.15, 0.2) is 0 Å². The predicted molar refractivity (Wildman–Crippen MR) is 98.5 cm³/mol. The molecule has 0 aromatic heterocycles. The minimum absolute atomic E-state index is 0.0827. The van der Waals surface area contributed by atoms with Crippen molar-refractivity contribution in [2.24, 2.45) is 0 Å². The summed E-state index contributed by atoms with van der Waals surface area (Å²) in [6.45, 7) is 2.00. The molecule has 0 saturated carbocycles. The smallest absolute Gasteiger partial charge is 0.293 e. The first-order chi connectivity index (χ1) is 13.5. The lowest BCUT2D eigenvalue weighted by molar-refractivity contribution is -0.384. The highest BCUT2D eigenvalue weighted by molar-refractivity contribution is 5.95. The monoisotopic (exact) mass is 391 g/mol. The first-order valence-corrected chi connectivity index (χ1v) is 8.72. The number of halogens is 2. The maximum absolute atomic E-state index is 12.6. The van der Waals surface area contributed by atoms with Gasteiger partial charge in [0.1, 0.15) is 5.69 Å². The van der Waals surface area contributed by atoms with E-state index in [4.69, 9.17) is 4.74 Å². The lowest BCUT2D eigenvalue weighted by Crippen LogP contribution is -2.40. The third-order valence-electron chi connectivity index (χ3n) is 4.45. The van der Waals surface area contributed by atoms with Crippen LogP contribution in [0.25, 0.3) is 0 Å². The third kappa shape index (κ3) is 4.61. The van der Waals surface area contributed by atoms with E-state index >= 15 is 0 Å². The van der Waals surface area contributed by atoms with Gasteiger partial charge in [0, 0.05) is 36.8 Å². The molecule has 1 heterocycles. The van der Waals surface area contributed by atoms with Crippen LogP contribution in [-0.4, -0.2) is 42.0 Å². The van der Waals surface area contributed by atoms with Gasteiger partial charge in [0.05, 0.1) is 18.1 Å². The molecule has 0 atom stereocenters. The highest BCUT2D eigenvalue weighted by Crippen LogP contribution is 2.27. The van der Waals surface area contributed by atoms with Crippen LogP contribution in [0.4, 0.5) is 20.2 Å². The minimum Gasteiger partial charge on any atom is -0.378 e. The molecular weight excluding hydrogens is 372 g/mol. The second-order valence-corrected chi connectivity index (χ2v) is 6.29. The van der Waals surface area contributed by atoms with Crippen molar-refractivity contribution in [3.05, 3.63) is 69.3 Å². The molecule has 0 aliphatic carbocycles. The number of hydrogen-bond donors (Lipinski definition) is 1. The zero-order valence-corrected chi connectivity index (χ0v) is 14.9. The summed E-state index contributed by atoms with van der Waals surface area (Å²) >= 11 is 0. The molecule has 1 aliphatic rings. The number of carbonyl (C=O) groups excluding carboxylic acids is 1. The van der Waals surface area contributed by atoms with Crippen LogP contribution in [0.15, 0.2) is 42.5 Å². The summed E-state index contributed by atoms with van der Waals surface area (Å²) in [4.78, 5) is 25.0. The number of hydrogen-bond acceptors (Lipinski definition) is 5. The number of nitrogens with one attached hydrogen (secondary N) is 1. The molecule has 1 N–H and O–H groups in total. The van der Waals surface area contributed by atoms with Crippen LogP contribution >= 0.6 is 0 Å². The molecule has 2 aromatic rings. The molecule has 1 saturated heterocycles. The Morgan fingerprint density at radius 1 is 1.18 bits per heavy atom. The molecule has 0 spiro atoms. The number of nitrogens with zero attached hydrogens (tertiary/aromatic N) is 2. The van der Waals surface area contributed by atoms with Crippen molar-refractivity contribution in [2.45, 2.75) is 13.0 Å². The van der Waals surface area contributed by atoms with Crippen molar-refractivity contribution in [1.29, 1.82) is 0 Å². The fourth-order valence-corrected chi connectivity index (χ4v) is 2.89. The van der Waals surface area contributed by atoms with E-state index in [-0.39, 0.29) is 35.0 Å². The van der Waals surface area contributed by atoms with Gasteiger partial charge in [-0.05, 0) is 17.7 Å². The van der Waals surface area contributed by atoms with Crippen LogP contribution in [0, 0.1) is 10.1 Å². The Balaban J connectivity index is 1.73. The van der Waals surface area contributed by atoms with Crippen LogP contribution in [0.2, 0.25) is 0 Å². The van der Waals surface area contributed by atoms with Gasteiger partial charge >= 0.3 is 0 Å². The first kappa shape index (κ1) is 19.7. The number of alkyl halides is 2. The summed E-state index contributed by atoms with van der Waals surface area (Å²) in [6, 6.07) is 9.99. The zero-order valence-electron chi connectivity index (χ0n) is 14.9. The molecule has 0 bridgehead atoms. The normalized spacial score (nSPS) is 14.2.